The van der Waals surface area contributed by atoms with Gasteiger partial charge in [0.1, 0.15) is 34.5 Å². The summed E-state index contributed by atoms with van der Waals surface area (Å²) in [6.07, 6.45) is 3.25. The van der Waals surface area contributed by atoms with E-state index in [-0.39, 0.29) is 16.2 Å². The number of benzene rings is 6. The first-order valence-electron chi connectivity index (χ1n) is 25.0. The molecule has 0 atom stereocenters. The van der Waals surface area contributed by atoms with Crippen LogP contribution in [0.3, 0.4) is 0 Å². The molecule has 0 saturated heterocycles. The van der Waals surface area contributed by atoms with Gasteiger partial charge in [0.05, 0.1) is 42.7 Å². The average molecular weight is 1030 g/mol. The lowest BCUT2D eigenvalue weighted by Crippen LogP contribution is -2.15. The molecule has 6 aromatic rings. The fourth-order valence-corrected chi connectivity index (χ4v) is 11.1. The highest BCUT2D eigenvalue weighted by Gasteiger charge is 2.28. The van der Waals surface area contributed by atoms with E-state index in [1.165, 1.54) is 16.7 Å². The summed E-state index contributed by atoms with van der Waals surface area (Å²) in [6, 6.07) is 26.8. The Kier molecular flexibility index (Phi) is 16.9. The summed E-state index contributed by atoms with van der Waals surface area (Å²) in [5, 5.41) is 0. The van der Waals surface area contributed by atoms with Crippen molar-refractivity contribution in [3.63, 3.8) is 0 Å². The Balaban J connectivity index is 1.60. The predicted molar refractivity (Wildman–Crippen MR) is 300 cm³/mol. The Morgan fingerprint density at radius 2 is 0.417 bits per heavy atom. The SMILES string of the molecule is COc1c2cc(CCl)cc1Cc1cc(C(C)(C)C)cc(c1OC)Cc1cc(CCl)cc(c1OC)Cc1cc(C(C)(C)C)cc(c1OC)Cc1cc(CCl)cc(c1OC)Cc1cc(C(C)(C)C)cc(c1OC)C2. The maximum absolute atomic E-state index is 6.79. The van der Waals surface area contributed by atoms with E-state index in [2.05, 4.69) is 135 Å². The maximum Gasteiger partial charge on any atom is 0.125 e. The maximum atomic E-state index is 6.79. The molecule has 0 heterocycles. The number of hydrogen-bond acceptors (Lipinski definition) is 6. The smallest absolute Gasteiger partial charge is 0.125 e. The van der Waals surface area contributed by atoms with E-state index in [4.69, 9.17) is 63.2 Å². The molecule has 9 heteroatoms. The van der Waals surface area contributed by atoms with Crippen molar-refractivity contribution in [3.05, 3.63) is 173 Å². The zero-order valence-electron chi connectivity index (χ0n) is 45.4. The lowest BCUT2D eigenvalue weighted by atomic mass is 9.81. The minimum Gasteiger partial charge on any atom is -0.496 e. The van der Waals surface area contributed by atoms with Gasteiger partial charge in [0, 0.05) is 56.2 Å². The van der Waals surface area contributed by atoms with E-state index in [9.17, 15) is 0 Å². The van der Waals surface area contributed by atoms with Gasteiger partial charge in [0.25, 0.3) is 0 Å². The standard InChI is InChI=1S/C63H75Cl3O6/c1-61(2,3)52-28-46-22-40-16-37(34-64)18-42(55(40)67-10)24-48-30-53(62(4,5)6)32-50(59(48)71-14)26-44-20-39(36-66)21-45(57(44)69-12)27-51-33-54(63(7,8)9)31-49(60(51)72-15)25-43-19-38(35-65)17-41(56(43)68-11)23-47(29-52)58(46)70-13/h16-21,28-33H,22-27,34-36H2,1-15H3. The van der Waals surface area contributed by atoms with E-state index in [0.29, 0.717) is 56.2 Å². The molecular weight excluding hydrogens is 959 g/mol. The number of ether oxygens (including phenoxy) is 6. The molecule has 12 bridgehead atoms. The molecule has 72 heavy (non-hydrogen) atoms. The van der Waals surface area contributed by atoms with Gasteiger partial charge in [-0.2, -0.15) is 0 Å². The third-order valence-electron chi connectivity index (χ3n) is 14.2. The lowest BCUT2D eigenvalue weighted by Gasteiger charge is -2.26. The highest BCUT2D eigenvalue weighted by atomic mass is 35.5. The topological polar surface area (TPSA) is 55.4 Å². The molecule has 1 aliphatic carbocycles. The minimum absolute atomic E-state index is 0.173. The molecule has 1 aliphatic rings. The van der Waals surface area contributed by atoms with Crippen LogP contribution in [0.5, 0.6) is 34.5 Å². The summed E-state index contributed by atoms with van der Waals surface area (Å²) in [7, 11) is 10.6. The van der Waals surface area contributed by atoms with E-state index < -0.39 is 0 Å². The van der Waals surface area contributed by atoms with Crippen molar-refractivity contribution < 1.29 is 28.4 Å². The van der Waals surface area contributed by atoms with Gasteiger partial charge in [0.15, 0.2) is 0 Å². The number of halogens is 3. The van der Waals surface area contributed by atoms with Crippen LogP contribution in [0.1, 0.15) is 162 Å². The molecule has 7 rings (SSSR count). The number of rotatable bonds is 9. The van der Waals surface area contributed by atoms with Gasteiger partial charge < -0.3 is 28.4 Å². The number of alkyl halides is 3. The second kappa shape index (κ2) is 22.2. The first-order valence-corrected chi connectivity index (χ1v) is 26.6. The Morgan fingerprint density at radius 1 is 0.278 bits per heavy atom. The monoisotopic (exact) mass is 1030 g/mol. The molecule has 0 saturated carbocycles. The van der Waals surface area contributed by atoms with Gasteiger partial charge in [-0.1, -0.05) is 135 Å². The molecule has 0 amide bonds. The first kappa shape index (κ1) is 54.8. The summed E-state index contributed by atoms with van der Waals surface area (Å²) >= 11 is 20.4. The molecule has 6 nitrogen and oxygen atoms in total. The molecule has 384 valence electrons. The van der Waals surface area contributed by atoms with Crippen LogP contribution < -0.4 is 28.4 Å². The third-order valence-corrected chi connectivity index (χ3v) is 15.1. The number of methoxy groups -OCH3 is 6. The van der Waals surface area contributed by atoms with Crippen LogP contribution in [0.15, 0.2) is 72.8 Å². The Morgan fingerprint density at radius 3 is 0.528 bits per heavy atom. The van der Waals surface area contributed by atoms with Crippen LogP contribution in [-0.2, 0) is 72.4 Å². The molecular formula is C63H75Cl3O6. The Hall–Kier alpha value is -5.01. The van der Waals surface area contributed by atoms with E-state index in [1.54, 1.807) is 42.7 Å². The Labute approximate surface area is 445 Å². The van der Waals surface area contributed by atoms with Crippen LogP contribution in [0, 0.1) is 0 Å². The van der Waals surface area contributed by atoms with Crippen LogP contribution in [0.4, 0.5) is 0 Å². The van der Waals surface area contributed by atoms with E-state index in [1.807, 2.05) is 0 Å². The van der Waals surface area contributed by atoms with Crippen molar-refractivity contribution in [1.82, 2.24) is 0 Å². The van der Waals surface area contributed by atoms with Gasteiger partial charge in [0.2, 0.25) is 0 Å². The van der Waals surface area contributed by atoms with Crippen molar-refractivity contribution in [2.24, 2.45) is 0 Å². The zero-order chi connectivity index (χ0) is 52.4. The van der Waals surface area contributed by atoms with Crippen LogP contribution in [0.25, 0.3) is 0 Å². The second-order valence-electron chi connectivity index (χ2n) is 22.5. The quantitative estimate of drug-likeness (QED) is 0.134. The third kappa shape index (κ3) is 11.7. The van der Waals surface area contributed by atoms with Crippen LogP contribution >= 0.6 is 34.8 Å². The summed E-state index contributed by atoms with van der Waals surface area (Å²) in [5.41, 5.74) is 18.5. The zero-order valence-corrected chi connectivity index (χ0v) is 47.6. The van der Waals surface area contributed by atoms with Crippen LogP contribution in [-0.4, -0.2) is 42.7 Å². The fraction of sp³-hybridized carbons (Fsp3) is 0.429. The van der Waals surface area contributed by atoms with Crippen molar-refractivity contribution in [3.8, 4) is 34.5 Å². The minimum atomic E-state index is -0.173. The van der Waals surface area contributed by atoms with Gasteiger partial charge >= 0.3 is 0 Å². The van der Waals surface area contributed by atoms with Crippen molar-refractivity contribution in [2.75, 3.05) is 42.7 Å². The number of hydrogen-bond donors (Lipinski definition) is 0. The van der Waals surface area contributed by atoms with Gasteiger partial charge in [-0.05, 0) is 116 Å². The Bertz CT molecular complexity index is 2490. The van der Waals surface area contributed by atoms with Gasteiger partial charge in [-0.15, -0.1) is 34.8 Å². The highest BCUT2D eigenvalue weighted by molar-refractivity contribution is 6.17. The summed E-state index contributed by atoms with van der Waals surface area (Å²) in [6.45, 7) is 20.3. The molecule has 0 N–H and O–H groups in total. The van der Waals surface area contributed by atoms with Gasteiger partial charge in [-0.25, -0.2) is 0 Å². The molecule has 0 unspecified atom stereocenters. The number of fused-ring (bicyclic) bond motifs is 12. The predicted octanol–water partition coefficient (Wildman–Crippen LogP) is 15.7. The van der Waals surface area contributed by atoms with E-state index in [0.717, 1.165) is 118 Å². The van der Waals surface area contributed by atoms with Crippen molar-refractivity contribution in [1.29, 1.82) is 0 Å². The fourth-order valence-electron chi connectivity index (χ4n) is 10.7. The summed E-state index contributed by atoms with van der Waals surface area (Å²) in [4.78, 5) is 0. The molecule has 0 radical (unpaired) electrons. The molecule has 0 aliphatic heterocycles. The summed E-state index contributed by atoms with van der Waals surface area (Å²) < 4.78 is 38.8. The van der Waals surface area contributed by atoms with Crippen molar-refractivity contribution in [2.45, 2.75) is 135 Å². The van der Waals surface area contributed by atoms with Crippen LogP contribution in [0.2, 0.25) is 0 Å². The summed E-state index contributed by atoms with van der Waals surface area (Å²) in [5.74, 6) is 5.90. The molecule has 0 aromatic heterocycles. The normalized spacial score (nSPS) is 13.2. The molecule has 6 aromatic carbocycles. The lowest BCUT2D eigenvalue weighted by molar-refractivity contribution is 0.395. The van der Waals surface area contributed by atoms with Crippen molar-refractivity contribution >= 4 is 34.8 Å². The largest absolute Gasteiger partial charge is 0.496 e. The van der Waals surface area contributed by atoms with E-state index >= 15 is 0 Å². The molecule has 0 spiro atoms. The van der Waals surface area contributed by atoms with Gasteiger partial charge in [-0.3, -0.25) is 0 Å². The second-order valence-corrected chi connectivity index (χ2v) is 23.3. The highest BCUT2D eigenvalue weighted by Crippen LogP contribution is 2.44. The average Bonchev–Trinajstić information content (AvgIpc) is 3.32. The molecule has 0 fully saturated rings. The first-order chi connectivity index (χ1) is 34.1.